The number of thiophene rings is 1. The Hall–Kier alpha value is -3.57. The van der Waals surface area contributed by atoms with Crippen molar-refractivity contribution in [2.24, 2.45) is 0 Å². The Labute approximate surface area is 255 Å². The summed E-state index contributed by atoms with van der Waals surface area (Å²) in [5.74, 6) is -1.05. The molecule has 0 bridgehead atoms. The van der Waals surface area contributed by atoms with Gasteiger partial charge in [-0.1, -0.05) is 30.3 Å². The maximum absolute atomic E-state index is 13.8. The molecule has 3 aromatic rings. The molecule has 1 aliphatic rings. The van der Waals surface area contributed by atoms with E-state index in [1.807, 2.05) is 53.2 Å². The zero-order valence-electron chi connectivity index (χ0n) is 24.6. The summed E-state index contributed by atoms with van der Waals surface area (Å²) in [5, 5.41) is 6.71. The lowest BCUT2D eigenvalue weighted by Gasteiger charge is -2.36. The quantitative estimate of drug-likeness (QED) is 0.273. The minimum absolute atomic E-state index is 0.106. The van der Waals surface area contributed by atoms with Gasteiger partial charge in [-0.25, -0.2) is 9.78 Å². The Bertz CT molecular complexity index is 1420. The second-order valence-electron chi connectivity index (χ2n) is 9.67. The fourth-order valence-electron chi connectivity index (χ4n) is 4.72. The zero-order chi connectivity index (χ0) is 30.8. The van der Waals surface area contributed by atoms with Gasteiger partial charge in [-0.2, -0.15) is 11.3 Å². The van der Waals surface area contributed by atoms with Crippen molar-refractivity contribution in [3.8, 4) is 22.4 Å². The van der Waals surface area contributed by atoms with E-state index in [9.17, 15) is 18.9 Å². The molecule has 11 nitrogen and oxygen atoms in total. The third-order valence-corrected chi connectivity index (χ3v) is 9.56. The van der Waals surface area contributed by atoms with Crippen molar-refractivity contribution in [2.45, 2.75) is 26.8 Å². The number of piperazine rings is 1. The van der Waals surface area contributed by atoms with Crippen LogP contribution in [0.2, 0.25) is 0 Å². The highest BCUT2D eigenvalue weighted by atomic mass is 32.1. The molecule has 1 fully saturated rings. The summed E-state index contributed by atoms with van der Waals surface area (Å²) >= 11 is 1.54. The maximum Gasteiger partial charge on any atom is 0.409 e. The van der Waals surface area contributed by atoms with Crippen molar-refractivity contribution >= 4 is 36.8 Å². The van der Waals surface area contributed by atoms with Crippen LogP contribution in [0.25, 0.3) is 22.4 Å². The van der Waals surface area contributed by atoms with Crippen molar-refractivity contribution in [1.29, 1.82) is 0 Å². The molecule has 43 heavy (non-hydrogen) atoms. The van der Waals surface area contributed by atoms with Crippen LogP contribution in [0.3, 0.4) is 0 Å². The van der Waals surface area contributed by atoms with Gasteiger partial charge in [0.2, 0.25) is 5.91 Å². The minimum Gasteiger partial charge on any atom is -0.450 e. The summed E-state index contributed by atoms with van der Waals surface area (Å²) in [7, 11) is -3.74. The van der Waals surface area contributed by atoms with Gasteiger partial charge in [0.1, 0.15) is 11.7 Å². The van der Waals surface area contributed by atoms with Gasteiger partial charge in [0.05, 0.1) is 31.7 Å². The summed E-state index contributed by atoms with van der Waals surface area (Å²) in [6.07, 6.45) is -0.796. The fourth-order valence-corrected chi connectivity index (χ4v) is 7.15. The van der Waals surface area contributed by atoms with Crippen LogP contribution in [0.1, 0.15) is 31.3 Å². The highest BCUT2D eigenvalue weighted by Crippen LogP contribution is 2.48. The first kappa shape index (κ1) is 32.3. The predicted octanol–water partition coefficient (Wildman–Crippen LogP) is 5.14. The topological polar surface area (TPSA) is 127 Å². The number of rotatable bonds is 12. The molecule has 13 heteroatoms. The summed E-state index contributed by atoms with van der Waals surface area (Å²) in [5.41, 5.74) is 3.27. The molecular formula is C30H37N4O7PS. The normalized spacial score (nSPS) is 14.3. The van der Waals surface area contributed by atoms with E-state index >= 15 is 0 Å². The molecule has 4 rings (SSSR count). The molecule has 3 amide bonds. The predicted molar refractivity (Wildman–Crippen MR) is 165 cm³/mol. The summed E-state index contributed by atoms with van der Waals surface area (Å²) in [6.45, 7) is 6.54. The molecule has 230 valence electrons. The highest BCUT2D eigenvalue weighted by Gasteiger charge is 2.37. The van der Waals surface area contributed by atoms with E-state index in [0.717, 1.165) is 16.7 Å². The lowest BCUT2D eigenvalue weighted by Crippen LogP contribution is -2.57. The van der Waals surface area contributed by atoms with Crippen molar-refractivity contribution in [3.05, 3.63) is 65.0 Å². The number of carbonyl (C=O) groups excluding carboxylic acids is 3. The Morgan fingerprint density at radius 1 is 0.907 bits per heavy atom. The van der Waals surface area contributed by atoms with Crippen LogP contribution in [0.4, 0.5) is 4.79 Å². The number of carbonyl (C=O) groups is 3. The molecule has 0 aliphatic carbocycles. The van der Waals surface area contributed by atoms with E-state index in [1.165, 1.54) is 21.1 Å². The molecule has 1 saturated heterocycles. The minimum atomic E-state index is -3.74. The zero-order valence-corrected chi connectivity index (χ0v) is 26.3. The van der Waals surface area contributed by atoms with E-state index in [2.05, 4.69) is 10.3 Å². The van der Waals surface area contributed by atoms with Gasteiger partial charge in [0.25, 0.3) is 5.91 Å². The number of nitrogens with one attached hydrogen (secondary N) is 1. The monoisotopic (exact) mass is 628 g/mol. The van der Waals surface area contributed by atoms with E-state index in [4.69, 9.17) is 13.8 Å². The molecule has 1 atom stereocenters. The van der Waals surface area contributed by atoms with E-state index in [-0.39, 0.29) is 57.9 Å². The standard InChI is InChI=1S/C30H37N4O7PS/c1-4-39-30(37)34-15-13-33(14-16-34)29(36)27(20-42(38,40-5-2)41-6-3)32-28(35)26-19-24(23-12-17-43-21-23)18-25(31-26)22-10-8-7-9-11-22/h7-12,17-19,21,27H,4-6,13-16,20H2,1-3H3,(H,32,35)/t27-/m0/s1. The number of benzene rings is 1. The largest absolute Gasteiger partial charge is 0.450 e. The smallest absolute Gasteiger partial charge is 0.409 e. The molecule has 1 aliphatic heterocycles. The van der Waals surface area contributed by atoms with Gasteiger partial charge in [0, 0.05) is 31.7 Å². The fraction of sp³-hybridized carbons (Fsp3) is 0.400. The number of hydrogen-bond acceptors (Lipinski definition) is 9. The van der Waals surface area contributed by atoms with Gasteiger partial charge in [-0.3, -0.25) is 14.2 Å². The van der Waals surface area contributed by atoms with Crippen LogP contribution < -0.4 is 5.32 Å². The number of pyridine rings is 1. The number of ether oxygens (including phenoxy) is 1. The first-order valence-corrected chi connectivity index (χ1v) is 16.9. The van der Waals surface area contributed by atoms with Gasteiger partial charge in [-0.15, -0.1) is 0 Å². The Morgan fingerprint density at radius 3 is 2.19 bits per heavy atom. The van der Waals surface area contributed by atoms with E-state index in [0.29, 0.717) is 5.69 Å². The van der Waals surface area contributed by atoms with Crippen molar-refractivity contribution in [3.63, 3.8) is 0 Å². The number of nitrogens with zero attached hydrogens (tertiary/aromatic N) is 3. The Balaban J connectivity index is 1.63. The van der Waals surface area contributed by atoms with Crippen LogP contribution in [0.5, 0.6) is 0 Å². The number of amides is 3. The average Bonchev–Trinajstić information content (AvgIpc) is 3.56. The van der Waals surface area contributed by atoms with Crippen LogP contribution in [-0.2, 0) is 23.1 Å². The average molecular weight is 629 g/mol. The van der Waals surface area contributed by atoms with Crippen molar-refractivity contribution in [1.82, 2.24) is 20.1 Å². The van der Waals surface area contributed by atoms with Gasteiger partial charge in [-0.05, 0) is 60.9 Å². The SMILES string of the molecule is CCOC(=O)N1CCN(C(=O)[C@H](CP(=O)(OCC)OCC)NC(=O)c2cc(-c3ccsc3)cc(-c3ccccc3)n2)CC1. The van der Waals surface area contributed by atoms with Crippen LogP contribution in [0, 0.1) is 0 Å². The van der Waals surface area contributed by atoms with Crippen molar-refractivity contribution in [2.75, 3.05) is 52.2 Å². The molecular weight excluding hydrogens is 591 g/mol. The number of aromatic nitrogens is 1. The third-order valence-electron chi connectivity index (χ3n) is 6.76. The second-order valence-corrected chi connectivity index (χ2v) is 12.6. The van der Waals surface area contributed by atoms with Crippen molar-refractivity contribution < 1.29 is 32.7 Å². The summed E-state index contributed by atoms with van der Waals surface area (Å²) in [6, 6.07) is 13.8. The molecule has 0 spiro atoms. The maximum atomic E-state index is 13.8. The first-order chi connectivity index (χ1) is 20.8. The molecule has 2 aromatic heterocycles. The summed E-state index contributed by atoms with van der Waals surface area (Å²) < 4.78 is 29.6. The first-order valence-electron chi connectivity index (χ1n) is 14.3. The van der Waals surface area contributed by atoms with Crippen LogP contribution in [-0.4, -0.2) is 90.9 Å². The molecule has 1 N–H and O–H groups in total. The Morgan fingerprint density at radius 2 is 1.58 bits per heavy atom. The van der Waals surface area contributed by atoms with Crippen LogP contribution in [0.15, 0.2) is 59.3 Å². The Kier molecular flexibility index (Phi) is 11.5. The molecule has 1 aromatic carbocycles. The van der Waals surface area contributed by atoms with Gasteiger partial charge in [0.15, 0.2) is 0 Å². The molecule has 0 saturated carbocycles. The number of hydrogen-bond donors (Lipinski definition) is 1. The van der Waals surface area contributed by atoms with Gasteiger partial charge >= 0.3 is 13.7 Å². The molecule has 0 unspecified atom stereocenters. The lowest BCUT2D eigenvalue weighted by molar-refractivity contribution is -0.134. The second kappa shape index (κ2) is 15.2. The van der Waals surface area contributed by atoms with Crippen LogP contribution >= 0.6 is 18.9 Å². The molecule has 3 heterocycles. The lowest BCUT2D eigenvalue weighted by atomic mass is 10.0. The van der Waals surface area contributed by atoms with E-state index in [1.54, 1.807) is 26.8 Å². The van der Waals surface area contributed by atoms with Gasteiger partial charge < -0.3 is 28.9 Å². The summed E-state index contributed by atoms with van der Waals surface area (Å²) in [4.78, 5) is 47.4. The molecule has 0 radical (unpaired) electrons. The highest BCUT2D eigenvalue weighted by molar-refractivity contribution is 7.54. The third kappa shape index (κ3) is 8.51. The van der Waals surface area contributed by atoms with E-state index < -0.39 is 31.5 Å².